The number of carbonyl (C=O) groups is 1. The summed E-state index contributed by atoms with van der Waals surface area (Å²) in [6.45, 7) is 11.3. The maximum absolute atomic E-state index is 13.7. The highest BCUT2D eigenvalue weighted by atomic mass is 16.5. The van der Waals surface area contributed by atoms with Gasteiger partial charge in [-0.3, -0.25) is 19.5 Å². The normalized spacial score (nSPS) is 15.4. The number of carbonyl (C=O) groups excluding carboxylic acids is 1. The molecule has 4 heterocycles. The van der Waals surface area contributed by atoms with Gasteiger partial charge in [0.2, 0.25) is 0 Å². The number of aromatic amines is 1. The first-order valence-electron chi connectivity index (χ1n) is 14.3. The molecule has 4 aromatic rings. The minimum atomic E-state index is -0.192. The largest absolute Gasteiger partial charge is 0.496 e. The summed E-state index contributed by atoms with van der Waals surface area (Å²) in [5, 5.41) is 0.993. The van der Waals surface area contributed by atoms with E-state index in [1.807, 2.05) is 32.2 Å². The summed E-state index contributed by atoms with van der Waals surface area (Å²) in [7, 11) is 1.56. The first kappa shape index (κ1) is 27.8. The molecule has 5 rings (SSSR count). The standard InChI is InChI=1S/C33H40N4O3/c1-21-18-25(12-15-34-21)20-36-16-13-26(14-17-36)23(3)37-24(4)32(27-8-6-7-9-29(27)37)30(38)11-10-28-31(40-5)19-22(2)35-33(28)39/h6-9,12,15,18-19,23,26H,10-11,13-14,16-17,20H2,1-5H3,(H,35,39)/t23-/m1/s1. The van der Waals surface area contributed by atoms with Crippen molar-refractivity contribution in [2.45, 2.75) is 66.0 Å². The van der Waals surface area contributed by atoms with Crippen LogP contribution in [0.15, 0.2) is 53.5 Å². The molecule has 1 aromatic carbocycles. The first-order valence-corrected chi connectivity index (χ1v) is 14.3. The molecule has 1 saturated heterocycles. The lowest BCUT2D eigenvalue weighted by atomic mass is 9.89. The van der Waals surface area contributed by atoms with E-state index >= 15 is 0 Å². The third kappa shape index (κ3) is 5.61. The molecule has 0 bridgehead atoms. The molecule has 0 aliphatic carbocycles. The average Bonchev–Trinajstić information content (AvgIpc) is 3.23. The number of ketones is 1. The number of aryl methyl sites for hydroxylation is 2. The predicted octanol–water partition coefficient (Wildman–Crippen LogP) is 5.95. The fourth-order valence-electron chi connectivity index (χ4n) is 6.50. The van der Waals surface area contributed by atoms with Gasteiger partial charge in [0.05, 0.1) is 12.7 Å². The number of H-pyrrole nitrogens is 1. The van der Waals surface area contributed by atoms with Crippen LogP contribution in [0.5, 0.6) is 5.75 Å². The lowest BCUT2D eigenvalue weighted by molar-refractivity contribution is 0.0983. The van der Waals surface area contributed by atoms with E-state index in [2.05, 4.69) is 63.6 Å². The second-order valence-corrected chi connectivity index (χ2v) is 11.3. The van der Waals surface area contributed by atoms with Crippen molar-refractivity contribution in [3.05, 3.63) is 92.8 Å². The lowest BCUT2D eigenvalue weighted by Crippen LogP contribution is -2.36. The number of methoxy groups -OCH3 is 1. The van der Waals surface area contributed by atoms with Gasteiger partial charge in [0.1, 0.15) is 5.75 Å². The SMILES string of the molecule is COc1cc(C)[nH]c(=O)c1CCC(=O)c1c(C)n([C@H](C)C2CCN(Cc3ccnc(C)c3)CC2)c2ccccc12. The number of Topliss-reactive ketones (excluding diaryl/α,β-unsaturated/α-hetero) is 1. The van der Waals surface area contributed by atoms with Gasteiger partial charge in [-0.15, -0.1) is 0 Å². The number of para-hydroxylation sites is 1. The Labute approximate surface area is 236 Å². The fourth-order valence-corrected chi connectivity index (χ4v) is 6.50. The van der Waals surface area contributed by atoms with Gasteiger partial charge < -0.3 is 14.3 Å². The molecule has 3 aromatic heterocycles. The van der Waals surface area contributed by atoms with Crippen LogP contribution in [0.25, 0.3) is 10.9 Å². The minimum Gasteiger partial charge on any atom is -0.496 e. The van der Waals surface area contributed by atoms with Crippen LogP contribution in [-0.2, 0) is 13.0 Å². The van der Waals surface area contributed by atoms with Gasteiger partial charge in [-0.05, 0) is 95.8 Å². The van der Waals surface area contributed by atoms with Crippen molar-refractivity contribution in [3.8, 4) is 5.75 Å². The Bertz CT molecular complexity index is 1580. The fraction of sp³-hybridized carbons (Fsp3) is 0.424. The highest BCUT2D eigenvalue weighted by molar-refractivity contribution is 6.09. The van der Waals surface area contributed by atoms with E-state index in [4.69, 9.17) is 4.74 Å². The number of benzene rings is 1. The van der Waals surface area contributed by atoms with Gasteiger partial charge in [0.25, 0.3) is 5.56 Å². The number of likely N-dealkylation sites (tertiary alicyclic amines) is 1. The lowest BCUT2D eigenvalue weighted by Gasteiger charge is -2.36. The first-order chi connectivity index (χ1) is 19.3. The van der Waals surface area contributed by atoms with Crippen molar-refractivity contribution in [3.63, 3.8) is 0 Å². The predicted molar refractivity (Wildman–Crippen MR) is 159 cm³/mol. The Kier molecular flexibility index (Phi) is 8.22. The second kappa shape index (κ2) is 11.8. The van der Waals surface area contributed by atoms with Crippen molar-refractivity contribution in [2.75, 3.05) is 20.2 Å². The maximum Gasteiger partial charge on any atom is 0.255 e. The van der Waals surface area contributed by atoms with E-state index in [0.717, 1.165) is 66.0 Å². The molecule has 0 radical (unpaired) electrons. The van der Waals surface area contributed by atoms with Gasteiger partial charge >= 0.3 is 0 Å². The quantitative estimate of drug-likeness (QED) is 0.266. The number of nitrogens with one attached hydrogen (secondary N) is 1. The summed E-state index contributed by atoms with van der Waals surface area (Å²) in [5.41, 5.74) is 6.34. The number of hydrogen-bond acceptors (Lipinski definition) is 5. The molecule has 0 amide bonds. The van der Waals surface area contributed by atoms with Crippen LogP contribution in [0.4, 0.5) is 0 Å². The Hall–Kier alpha value is -3.71. The van der Waals surface area contributed by atoms with Crippen LogP contribution in [0.3, 0.4) is 0 Å². The van der Waals surface area contributed by atoms with Crippen molar-refractivity contribution >= 4 is 16.7 Å². The van der Waals surface area contributed by atoms with Gasteiger partial charge in [0, 0.05) is 58.8 Å². The number of fused-ring (bicyclic) bond motifs is 1. The van der Waals surface area contributed by atoms with E-state index in [0.29, 0.717) is 23.7 Å². The van der Waals surface area contributed by atoms with Gasteiger partial charge in [-0.1, -0.05) is 18.2 Å². The number of piperidine rings is 1. The second-order valence-electron chi connectivity index (χ2n) is 11.3. The van der Waals surface area contributed by atoms with E-state index in [1.165, 1.54) is 5.56 Å². The van der Waals surface area contributed by atoms with Crippen molar-refractivity contribution in [1.82, 2.24) is 19.4 Å². The summed E-state index contributed by atoms with van der Waals surface area (Å²) in [4.78, 5) is 36.0. The Morgan fingerprint density at radius 1 is 1.12 bits per heavy atom. The summed E-state index contributed by atoms with van der Waals surface area (Å²) >= 11 is 0. The van der Waals surface area contributed by atoms with E-state index in [9.17, 15) is 9.59 Å². The van der Waals surface area contributed by atoms with Crippen LogP contribution in [0, 0.1) is 26.7 Å². The van der Waals surface area contributed by atoms with Gasteiger partial charge in [-0.2, -0.15) is 0 Å². The summed E-state index contributed by atoms with van der Waals surface area (Å²) in [5.74, 6) is 1.12. The molecule has 0 unspecified atom stereocenters. The van der Waals surface area contributed by atoms with Crippen molar-refractivity contribution in [2.24, 2.45) is 5.92 Å². The average molecular weight is 541 g/mol. The molecule has 1 N–H and O–H groups in total. The van der Waals surface area contributed by atoms with Crippen LogP contribution in [0.2, 0.25) is 0 Å². The number of aromatic nitrogens is 3. The third-order valence-electron chi connectivity index (χ3n) is 8.58. The molecule has 1 fully saturated rings. The molecular weight excluding hydrogens is 500 g/mol. The monoisotopic (exact) mass is 540 g/mol. The Balaban J connectivity index is 1.34. The number of hydrogen-bond donors (Lipinski definition) is 1. The molecule has 210 valence electrons. The molecular formula is C33H40N4O3. The number of pyridine rings is 2. The zero-order valence-corrected chi connectivity index (χ0v) is 24.3. The highest BCUT2D eigenvalue weighted by Gasteiger charge is 2.29. The third-order valence-corrected chi connectivity index (χ3v) is 8.58. The number of ether oxygens (including phenoxy) is 1. The van der Waals surface area contributed by atoms with Crippen molar-refractivity contribution < 1.29 is 9.53 Å². The van der Waals surface area contributed by atoms with Gasteiger partial charge in [0.15, 0.2) is 5.78 Å². The van der Waals surface area contributed by atoms with Crippen molar-refractivity contribution in [1.29, 1.82) is 0 Å². The zero-order chi connectivity index (χ0) is 28.4. The Morgan fingerprint density at radius 3 is 2.60 bits per heavy atom. The van der Waals surface area contributed by atoms with E-state index < -0.39 is 0 Å². The number of nitrogens with zero attached hydrogens (tertiary/aromatic N) is 3. The van der Waals surface area contributed by atoms with Crippen LogP contribution in [0.1, 0.15) is 70.8 Å². The van der Waals surface area contributed by atoms with E-state index in [1.54, 1.807) is 7.11 Å². The van der Waals surface area contributed by atoms with E-state index in [-0.39, 0.29) is 23.8 Å². The molecule has 40 heavy (non-hydrogen) atoms. The smallest absolute Gasteiger partial charge is 0.255 e. The summed E-state index contributed by atoms with van der Waals surface area (Å²) < 4.78 is 7.83. The Morgan fingerprint density at radius 2 is 1.88 bits per heavy atom. The molecule has 7 heteroatoms. The summed E-state index contributed by atoms with van der Waals surface area (Å²) in [6.07, 6.45) is 4.72. The summed E-state index contributed by atoms with van der Waals surface area (Å²) in [6, 6.07) is 14.6. The topological polar surface area (TPSA) is 80.2 Å². The molecule has 7 nitrogen and oxygen atoms in total. The minimum absolute atomic E-state index is 0.0594. The molecule has 1 atom stereocenters. The van der Waals surface area contributed by atoms with Crippen LogP contribution in [-0.4, -0.2) is 45.4 Å². The molecule has 1 aliphatic heterocycles. The highest BCUT2D eigenvalue weighted by Crippen LogP contribution is 2.36. The molecule has 0 saturated carbocycles. The molecule has 0 spiro atoms. The van der Waals surface area contributed by atoms with Crippen LogP contribution < -0.4 is 10.3 Å². The van der Waals surface area contributed by atoms with Gasteiger partial charge in [-0.25, -0.2) is 0 Å². The maximum atomic E-state index is 13.7. The zero-order valence-electron chi connectivity index (χ0n) is 24.3. The number of rotatable bonds is 9. The molecule has 1 aliphatic rings. The van der Waals surface area contributed by atoms with Crippen LogP contribution >= 0.6 is 0 Å².